The Kier molecular flexibility index (Phi) is 5.52. The van der Waals surface area contributed by atoms with E-state index >= 15 is 0 Å². The number of ether oxygens (including phenoxy) is 1. The highest BCUT2D eigenvalue weighted by atomic mass is 16.5. The molecule has 4 rings (SSSR count). The van der Waals surface area contributed by atoms with Crippen molar-refractivity contribution in [2.45, 2.75) is 6.92 Å². The molecule has 31 heavy (non-hydrogen) atoms. The topological polar surface area (TPSA) is 120 Å². The van der Waals surface area contributed by atoms with Crippen molar-refractivity contribution in [3.63, 3.8) is 0 Å². The van der Waals surface area contributed by atoms with Crippen LogP contribution in [0.5, 0.6) is 5.88 Å². The number of hydrogen-bond acceptors (Lipinski definition) is 8. The highest BCUT2D eigenvalue weighted by molar-refractivity contribution is 6.04. The third-order valence-electron chi connectivity index (χ3n) is 4.53. The van der Waals surface area contributed by atoms with Crippen molar-refractivity contribution in [2.24, 2.45) is 0 Å². The number of pyridine rings is 1. The van der Waals surface area contributed by atoms with Gasteiger partial charge in [0.1, 0.15) is 5.69 Å². The molecule has 3 aromatic heterocycles. The first kappa shape index (κ1) is 20.0. The van der Waals surface area contributed by atoms with Crippen molar-refractivity contribution in [3.8, 4) is 22.8 Å². The zero-order chi connectivity index (χ0) is 21.8. The lowest BCUT2D eigenvalue weighted by molar-refractivity contribution is 0.101. The zero-order valence-corrected chi connectivity index (χ0v) is 17.2. The lowest BCUT2D eigenvalue weighted by Gasteiger charge is -2.12. The predicted molar refractivity (Wildman–Crippen MR) is 115 cm³/mol. The van der Waals surface area contributed by atoms with Gasteiger partial charge in [0.05, 0.1) is 24.2 Å². The van der Waals surface area contributed by atoms with E-state index in [-0.39, 0.29) is 11.8 Å². The van der Waals surface area contributed by atoms with Crippen molar-refractivity contribution >= 4 is 17.5 Å². The molecule has 0 saturated carbocycles. The monoisotopic (exact) mass is 416 g/mol. The van der Waals surface area contributed by atoms with Crippen molar-refractivity contribution in [2.75, 3.05) is 24.8 Å². The van der Waals surface area contributed by atoms with E-state index in [9.17, 15) is 4.79 Å². The van der Waals surface area contributed by atoms with Gasteiger partial charge in [-0.3, -0.25) is 4.79 Å². The van der Waals surface area contributed by atoms with Crippen LogP contribution in [0.2, 0.25) is 0 Å². The second kappa shape index (κ2) is 8.57. The van der Waals surface area contributed by atoms with Gasteiger partial charge in [-0.15, -0.1) is 5.10 Å². The summed E-state index contributed by atoms with van der Waals surface area (Å²) >= 11 is 0. The second-order valence-electron chi connectivity index (χ2n) is 6.52. The van der Waals surface area contributed by atoms with Gasteiger partial charge in [-0.1, -0.05) is 23.4 Å². The number of rotatable bonds is 6. The van der Waals surface area contributed by atoms with Gasteiger partial charge in [0.15, 0.2) is 5.69 Å². The van der Waals surface area contributed by atoms with Crippen LogP contribution in [0.1, 0.15) is 16.2 Å². The summed E-state index contributed by atoms with van der Waals surface area (Å²) < 4.78 is 6.90. The number of para-hydroxylation sites is 1. The van der Waals surface area contributed by atoms with E-state index in [2.05, 4.69) is 35.9 Å². The molecule has 10 nitrogen and oxygen atoms in total. The smallest absolute Gasteiger partial charge is 0.276 e. The molecule has 3 heterocycles. The molecular weight excluding hydrogens is 396 g/mol. The molecule has 4 aromatic rings. The Morgan fingerprint density at radius 2 is 1.81 bits per heavy atom. The molecule has 0 bridgehead atoms. The number of amides is 1. The van der Waals surface area contributed by atoms with E-state index in [1.54, 1.807) is 38.5 Å². The lowest BCUT2D eigenvalue weighted by atomic mass is 10.2. The molecule has 0 fully saturated rings. The van der Waals surface area contributed by atoms with Gasteiger partial charge in [-0.25, -0.2) is 19.6 Å². The summed E-state index contributed by atoms with van der Waals surface area (Å²) in [5.41, 5.74) is 3.32. The van der Waals surface area contributed by atoms with Crippen LogP contribution >= 0.6 is 0 Å². The number of anilines is 2. The molecule has 0 spiro atoms. The Morgan fingerprint density at radius 1 is 1.06 bits per heavy atom. The molecule has 0 radical (unpaired) electrons. The average Bonchev–Trinajstić information content (AvgIpc) is 3.21. The number of benzene rings is 1. The number of methoxy groups -OCH3 is 1. The molecule has 0 aliphatic heterocycles. The third kappa shape index (κ3) is 4.04. The Labute approximate surface area is 178 Å². The minimum atomic E-state index is -0.374. The molecule has 0 atom stereocenters. The van der Waals surface area contributed by atoms with Crippen molar-refractivity contribution in [1.29, 1.82) is 0 Å². The van der Waals surface area contributed by atoms with Crippen LogP contribution in [0.4, 0.5) is 11.6 Å². The molecule has 2 N–H and O–H groups in total. The largest absolute Gasteiger partial charge is 0.479 e. The lowest BCUT2D eigenvalue weighted by Crippen LogP contribution is -2.18. The third-order valence-corrected chi connectivity index (χ3v) is 4.53. The van der Waals surface area contributed by atoms with E-state index in [4.69, 9.17) is 4.74 Å². The first-order valence-corrected chi connectivity index (χ1v) is 9.45. The van der Waals surface area contributed by atoms with Gasteiger partial charge in [0, 0.05) is 25.0 Å². The molecule has 0 unspecified atom stereocenters. The SMILES string of the molecule is CNc1ncc(-c2ccc(NC(=O)c3c(C)nnn3-c3ccccc3)c(OC)n2)cn1. The minimum absolute atomic E-state index is 0.264. The molecule has 0 aliphatic carbocycles. The van der Waals surface area contributed by atoms with Crippen LogP contribution in [0.3, 0.4) is 0 Å². The maximum absolute atomic E-state index is 13.1. The van der Waals surface area contributed by atoms with E-state index in [0.29, 0.717) is 28.7 Å². The molecule has 10 heteroatoms. The first-order valence-electron chi connectivity index (χ1n) is 9.45. The summed E-state index contributed by atoms with van der Waals surface area (Å²) in [4.78, 5) is 25.9. The summed E-state index contributed by atoms with van der Waals surface area (Å²) in [5, 5.41) is 13.9. The summed E-state index contributed by atoms with van der Waals surface area (Å²) in [6.07, 6.45) is 3.32. The number of aromatic nitrogens is 6. The number of carbonyl (C=O) groups is 1. The second-order valence-corrected chi connectivity index (χ2v) is 6.52. The zero-order valence-electron chi connectivity index (χ0n) is 17.2. The average molecular weight is 416 g/mol. The van der Waals surface area contributed by atoms with E-state index in [0.717, 1.165) is 11.3 Å². The number of nitrogens with one attached hydrogen (secondary N) is 2. The van der Waals surface area contributed by atoms with Gasteiger partial charge in [0.25, 0.3) is 5.91 Å². The fourth-order valence-electron chi connectivity index (χ4n) is 2.99. The maximum Gasteiger partial charge on any atom is 0.276 e. The quantitative estimate of drug-likeness (QED) is 0.492. The molecule has 0 aliphatic rings. The fourth-order valence-corrected chi connectivity index (χ4v) is 2.99. The normalized spacial score (nSPS) is 10.5. The summed E-state index contributed by atoms with van der Waals surface area (Å²) in [5.74, 6) is 0.402. The van der Waals surface area contributed by atoms with Gasteiger partial charge in [0.2, 0.25) is 11.8 Å². The number of aryl methyl sites for hydroxylation is 1. The Hall–Kier alpha value is -4.34. The van der Waals surface area contributed by atoms with Gasteiger partial charge in [-0.05, 0) is 31.2 Å². The Morgan fingerprint density at radius 3 is 2.48 bits per heavy atom. The molecule has 156 valence electrons. The van der Waals surface area contributed by atoms with Crippen LogP contribution in [0, 0.1) is 6.92 Å². The maximum atomic E-state index is 13.1. The van der Waals surface area contributed by atoms with Gasteiger partial charge >= 0.3 is 0 Å². The summed E-state index contributed by atoms with van der Waals surface area (Å²) in [7, 11) is 3.23. The Bertz CT molecular complexity index is 1210. The van der Waals surface area contributed by atoms with Crippen LogP contribution in [-0.2, 0) is 0 Å². The highest BCUT2D eigenvalue weighted by Gasteiger charge is 2.21. The van der Waals surface area contributed by atoms with Crippen LogP contribution < -0.4 is 15.4 Å². The number of hydrogen-bond donors (Lipinski definition) is 2. The van der Waals surface area contributed by atoms with Crippen molar-refractivity contribution in [3.05, 3.63) is 66.2 Å². The van der Waals surface area contributed by atoms with Crippen molar-refractivity contribution < 1.29 is 9.53 Å². The number of nitrogens with zero attached hydrogens (tertiary/aromatic N) is 6. The van der Waals surface area contributed by atoms with E-state index in [1.807, 2.05) is 30.3 Å². The molecular formula is C21H20N8O2. The standard InChI is InChI=1S/C21H20N8O2/c1-13-18(29(28-27-13)15-7-5-4-6-8-15)19(30)25-17-10-9-16(26-20(17)31-3)14-11-23-21(22-2)24-12-14/h4-12H,1-3H3,(H,25,30)(H,22,23,24). The summed E-state index contributed by atoms with van der Waals surface area (Å²) in [6.45, 7) is 1.73. The highest BCUT2D eigenvalue weighted by Crippen LogP contribution is 2.27. The van der Waals surface area contributed by atoms with Gasteiger partial charge in [-0.2, -0.15) is 0 Å². The Balaban J connectivity index is 1.63. The molecule has 1 aromatic carbocycles. The first-order chi connectivity index (χ1) is 15.1. The van der Waals surface area contributed by atoms with Crippen molar-refractivity contribution in [1.82, 2.24) is 29.9 Å². The van der Waals surface area contributed by atoms with E-state index in [1.165, 1.54) is 11.8 Å². The van der Waals surface area contributed by atoms with Gasteiger partial charge < -0.3 is 15.4 Å². The fraction of sp³-hybridized carbons (Fsp3) is 0.143. The summed E-state index contributed by atoms with van der Waals surface area (Å²) in [6, 6.07) is 12.8. The molecule has 1 amide bonds. The van der Waals surface area contributed by atoms with E-state index < -0.39 is 0 Å². The van der Waals surface area contributed by atoms with Crippen LogP contribution in [0.15, 0.2) is 54.9 Å². The molecule has 0 saturated heterocycles. The van der Waals surface area contributed by atoms with Crippen LogP contribution in [-0.4, -0.2) is 50.0 Å². The minimum Gasteiger partial charge on any atom is -0.479 e. The van der Waals surface area contributed by atoms with Crippen LogP contribution in [0.25, 0.3) is 16.9 Å². The predicted octanol–water partition coefficient (Wildman–Crippen LogP) is 2.73. The number of carbonyl (C=O) groups excluding carboxylic acids is 1.